The Bertz CT molecular complexity index is 483. The molecule has 0 spiro atoms. The summed E-state index contributed by atoms with van der Waals surface area (Å²) in [5, 5.41) is 1.66. The molecule has 5 nitrogen and oxygen atoms in total. The van der Waals surface area contributed by atoms with E-state index in [0.29, 0.717) is 4.47 Å². The van der Waals surface area contributed by atoms with Crippen molar-refractivity contribution in [3.05, 3.63) is 15.9 Å². The monoisotopic (exact) mass is 326 g/mol. The quantitative estimate of drug-likeness (QED) is 0.876. The number of hydrogen-bond donors (Lipinski definition) is 1. The molecule has 0 radical (unpaired) electrons. The third-order valence-corrected chi connectivity index (χ3v) is 6.41. The van der Waals surface area contributed by atoms with Crippen molar-refractivity contribution in [1.82, 2.24) is 4.31 Å². The predicted octanol–water partition coefficient (Wildman–Crippen LogP) is 1.01. The van der Waals surface area contributed by atoms with Crippen LogP contribution in [0.5, 0.6) is 0 Å². The summed E-state index contributed by atoms with van der Waals surface area (Å²) < 4.78 is 25.9. The van der Waals surface area contributed by atoms with Crippen LogP contribution in [-0.4, -0.2) is 31.7 Å². The van der Waals surface area contributed by atoms with Crippen LogP contribution in [0, 0.1) is 0 Å². The molecule has 0 fully saturated rings. The summed E-state index contributed by atoms with van der Waals surface area (Å²) in [6, 6.07) is 1.65. The highest BCUT2D eigenvalue weighted by Gasteiger charge is 2.27. The van der Waals surface area contributed by atoms with Gasteiger partial charge in [0.25, 0.3) is 10.0 Å². The highest BCUT2D eigenvalue weighted by atomic mass is 79.9. The molecule has 1 aromatic heterocycles. The number of nitrogens with zero attached hydrogens (tertiary/aromatic N) is 1. The molecule has 2 N–H and O–H groups in total. The lowest BCUT2D eigenvalue weighted by Crippen LogP contribution is -2.38. The minimum Gasteiger partial charge on any atom is -0.369 e. The van der Waals surface area contributed by atoms with Crippen molar-refractivity contribution < 1.29 is 13.2 Å². The van der Waals surface area contributed by atoms with Crippen LogP contribution in [0.4, 0.5) is 0 Å². The summed E-state index contributed by atoms with van der Waals surface area (Å²) in [5.41, 5.74) is 5.00. The SMILES string of the molecule is CCN(CC(N)=O)S(=O)(=O)c1sccc1Br. The van der Waals surface area contributed by atoms with Crippen molar-refractivity contribution in [3.63, 3.8) is 0 Å². The van der Waals surface area contributed by atoms with Gasteiger partial charge < -0.3 is 5.73 Å². The highest BCUT2D eigenvalue weighted by Crippen LogP contribution is 2.29. The molecule has 0 bridgehead atoms. The van der Waals surface area contributed by atoms with E-state index in [-0.39, 0.29) is 17.3 Å². The van der Waals surface area contributed by atoms with Gasteiger partial charge in [-0.2, -0.15) is 4.31 Å². The molecule has 0 aromatic carbocycles. The third-order valence-electron chi connectivity index (χ3n) is 1.84. The first-order valence-electron chi connectivity index (χ1n) is 4.41. The Kier molecular flexibility index (Phi) is 4.48. The van der Waals surface area contributed by atoms with Crippen molar-refractivity contribution in [2.75, 3.05) is 13.1 Å². The second-order valence-electron chi connectivity index (χ2n) is 2.95. The summed E-state index contributed by atoms with van der Waals surface area (Å²) >= 11 is 4.25. The summed E-state index contributed by atoms with van der Waals surface area (Å²) in [5.74, 6) is -0.668. The van der Waals surface area contributed by atoms with Gasteiger partial charge in [0.2, 0.25) is 5.91 Å². The molecule has 1 amide bonds. The summed E-state index contributed by atoms with van der Waals surface area (Å²) in [7, 11) is -3.63. The molecule has 1 aromatic rings. The molecule has 90 valence electrons. The Morgan fingerprint density at radius 2 is 2.25 bits per heavy atom. The van der Waals surface area contributed by atoms with E-state index in [1.165, 1.54) is 0 Å². The van der Waals surface area contributed by atoms with Gasteiger partial charge in [0.15, 0.2) is 0 Å². The maximum atomic E-state index is 12.1. The number of hydrogen-bond acceptors (Lipinski definition) is 4. The number of primary amides is 1. The van der Waals surface area contributed by atoms with E-state index in [9.17, 15) is 13.2 Å². The Labute approximate surface area is 106 Å². The zero-order valence-electron chi connectivity index (χ0n) is 8.51. The zero-order valence-corrected chi connectivity index (χ0v) is 11.7. The molecule has 0 saturated carbocycles. The van der Waals surface area contributed by atoms with Crippen molar-refractivity contribution >= 4 is 43.2 Å². The van der Waals surface area contributed by atoms with Gasteiger partial charge in [-0.25, -0.2) is 8.42 Å². The van der Waals surface area contributed by atoms with Gasteiger partial charge in [-0.3, -0.25) is 4.79 Å². The first kappa shape index (κ1) is 13.6. The molecule has 0 aliphatic heterocycles. The number of likely N-dealkylation sites (N-methyl/N-ethyl adjacent to an activating group) is 1. The lowest BCUT2D eigenvalue weighted by molar-refractivity contribution is -0.118. The minimum absolute atomic E-state index is 0.190. The number of carbonyl (C=O) groups excluding carboxylic acids is 1. The molecule has 0 unspecified atom stereocenters. The second-order valence-corrected chi connectivity index (χ2v) is 6.86. The Hall–Kier alpha value is -0.440. The van der Waals surface area contributed by atoms with Crippen LogP contribution in [0.15, 0.2) is 20.1 Å². The lowest BCUT2D eigenvalue weighted by atomic mass is 10.6. The van der Waals surface area contributed by atoms with Crippen LogP contribution in [0.3, 0.4) is 0 Å². The number of sulfonamides is 1. The van der Waals surface area contributed by atoms with Crippen LogP contribution in [0.25, 0.3) is 0 Å². The molecule has 1 heterocycles. The van der Waals surface area contributed by atoms with Crippen molar-refractivity contribution in [2.24, 2.45) is 5.73 Å². The van der Waals surface area contributed by atoms with E-state index in [0.717, 1.165) is 15.6 Å². The van der Waals surface area contributed by atoms with Crippen LogP contribution in [-0.2, 0) is 14.8 Å². The van der Waals surface area contributed by atoms with E-state index < -0.39 is 15.9 Å². The van der Waals surface area contributed by atoms with Crippen molar-refractivity contribution in [2.45, 2.75) is 11.1 Å². The summed E-state index contributed by atoms with van der Waals surface area (Å²) in [6.45, 7) is 1.56. The number of rotatable bonds is 5. The normalized spacial score (nSPS) is 11.9. The van der Waals surface area contributed by atoms with Crippen molar-refractivity contribution in [1.29, 1.82) is 0 Å². The molecule has 0 aliphatic rings. The molecule has 0 atom stereocenters. The Balaban J connectivity index is 3.09. The molecular weight excluding hydrogens is 316 g/mol. The smallest absolute Gasteiger partial charge is 0.254 e. The van der Waals surface area contributed by atoms with Gasteiger partial charge in [-0.05, 0) is 27.4 Å². The fraction of sp³-hybridized carbons (Fsp3) is 0.375. The van der Waals surface area contributed by atoms with Crippen molar-refractivity contribution in [3.8, 4) is 0 Å². The maximum Gasteiger partial charge on any atom is 0.254 e. The Morgan fingerprint density at radius 3 is 2.62 bits per heavy atom. The standard InChI is InChI=1S/C8H11BrN2O3S2/c1-2-11(5-7(10)12)16(13,14)8-6(9)3-4-15-8/h3-4H,2,5H2,1H3,(H2,10,12). The zero-order chi connectivity index (χ0) is 12.3. The molecule has 0 saturated heterocycles. The number of carbonyl (C=O) groups is 1. The number of thiophene rings is 1. The number of nitrogens with two attached hydrogens (primary N) is 1. The average molecular weight is 327 g/mol. The fourth-order valence-corrected chi connectivity index (χ4v) is 4.99. The third kappa shape index (κ3) is 2.82. The average Bonchev–Trinajstić information content (AvgIpc) is 2.60. The van der Waals surface area contributed by atoms with E-state index in [2.05, 4.69) is 15.9 Å². The fourth-order valence-electron chi connectivity index (χ4n) is 1.12. The highest BCUT2D eigenvalue weighted by molar-refractivity contribution is 9.10. The van der Waals surface area contributed by atoms with E-state index >= 15 is 0 Å². The van der Waals surface area contributed by atoms with Gasteiger partial charge in [0, 0.05) is 11.0 Å². The van der Waals surface area contributed by atoms with Crippen LogP contribution in [0.2, 0.25) is 0 Å². The van der Waals surface area contributed by atoms with Gasteiger partial charge >= 0.3 is 0 Å². The topological polar surface area (TPSA) is 80.5 Å². The second kappa shape index (κ2) is 5.26. The minimum atomic E-state index is -3.63. The largest absolute Gasteiger partial charge is 0.369 e. The first-order valence-corrected chi connectivity index (χ1v) is 7.52. The molecule has 16 heavy (non-hydrogen) atoms. The summed E-state index contributed by atoms with van der Waals surface area (Å²) in [4.78, 5) is 10.8. The number of amides is 1. The van der Waals surface area contributed by atoms with Gasteiger partial charge in [-0.1, -0.05) is 6.92 Å². The number of halogens is 1. The van der Waals surface area contributed by atoms with Crippen LogP contribution < -0.4 is 5.73 Å². The van der Waals surface area contributed by atoms with Gasteiger partial charge in [-0.15, -0.1) is 11.3 Å². The van der Waals surface area contributed by atoms with E-state index in [1.807, 2.05) is 0 Å². The predicted molar refractivity (Wildman–Crippen MR) is 65.6 cm³/mol. The molecule has 1 rings (SSSR count). The molecular formula is C8H11BrN2O3S2. The first-order chi connectivity index (χ1) is 7.39. The van der Waals surface area contributed by atoms with Gasteiger partial charge in [0.1, 0.15) is 4.21 Å². The maximum absolute atomic E-state index is 12.1. The lowest BCUT2D eigenvalue weighted by Gasteiger charge is -2.17. The molecule has 8 heteroatoms. The van der Waals surface area contributed by atoms with Crippen LogP contribution >= 0.6 is 27.3 Å². The Morgan fingerprint density at radius 1 is 1.62 bits per heavy atom. The van der Waals surface area contributed by atoms with E-state index in [1.54, 1.807) is 18.4 Å². The molecule has 0 aliphatic carbocycles. The van der Waals surface area contributed by atoms with Gasteiger partial charge in [0.05, 0.1) is 6.54 Å². The summed E-state index contributed by atoms with van der Waals surface area (Å²) in [6.07, 6.45) is 0. The van der Waals surface area contributed by atoms with Crippen LogP contribution in [0.1, 0.15) is 6.92 Å². The van der Waals surface area contributed by atoms with E-state index in [4.69, 9.17) is 5.73 Å².